The van der Waals surface area contributed by atoms with Crippen LogP contribution in [-0.4, -0.2) is 12.5 Å². The van der Waals surface area contributed by atoms with Gasteiger partial charge in [-0.3, -0.25) is 0 Å². The minimum absolute atomic E-state index is 0.683. The first-order valence-electron chi connectivity index (χ1n) is 5.81. The average molecular weight is 254 g/mol. The first-order valence-corrected chi connectivity index (χ1v) is 8.60. The third-order valence-corrected chi connectivity index (χ3v) is 4.12. The molecule has 1 aromatic carbocycles. The van der Waals surface area contributed by atoms with E-state index in [2.05, 4.69) is 44.6 Å². The van der Waals surface area contributed by atoms with Crippen molar-refractivity contribution >= 4 is 23.5 Å². The molecule has 0 spiro atoms. The second-order valence-electron chi connectivity index (χ2n) is 4.26. The van der Waals surface area contributed by atoms with Crippen molar-refractivity contribution in [2.45, 2.75) is 37.7 Å². The lowest BCUT2D eigenvalue weighted by Crippen LogP contribution is -1.96. The highest BCUT2D eigenvalue weighted by atomic mass is 32.2. The Labute approximate surface area is 109 Å². The van der Waals surface area contributed by atoms with E-state index >= 15 is 0 Å². The van der Waals surface area contributed by atoms with Gasteiger partial charge in [0.1, 0.15) is 0 Å². The lowest BCUT2D eigenvalue weighted by Gasteiger charge is -2.13. The van der Waals surface area contributed by atoms with E-state index in [1.807, 2.05) is 23.5 Å². The van der Waals surface area contributed by atoms with Crippen LogP contribution in [0.1, 0.15) is 42.9 Å². The summed E-state index contributed by atoms with van der Waals surface area (Å²) in [5.41, 5.74) is 4.47. The standard InChI is InChI=1S/C14H22S2/c1-5-11(2)14-7-12(9-15-3)6-13(8-14)10-16-4/h6-8,11H,5,9-10H2,1-4H3. The molecular formula is C14H22S2. The fraction of sp³-hybridized carbons (Fsp3) is 0.571. The molecule has 1 aromatic rings. The maximum absolute atomic E-state index is 2.38. The van der Waals surface area contributed by atoms with Crippen molar-refractivity contribution < 1.29 is 0 Å². The van der Waals surface area contributed by atoms with E-state index < -0.39 is 0 Å². The third-order valence-electron chi connectivity index (χ3n) is 2.88. The summed E-state index contributed by atoms with van der Waals surface area (Å²) in [6.45, 7) is 4.58. The molecule has 1 unspecified atom stereocenters. The molecule has 0 aliphatic carbocycles. The lowest BCUT2D eigenvalue weighted by molar-refractivity contribution is 0.732. The second-order valence-corrected chi connectivity index (χ2v) is 5.99. The summed E-state index contributed by atoms with van der Waals surface area (Å²) >= 11 is 3.81. The quantitative estimate of drug-likeness (QED) is 0.706. The molecule has 0 saturated carbocycles. The van der Waals surface area contributed by atoms with E-state index in [9.17, 15) is 0 Å². The van der Waals surface area contributed by atoms with Crippen LogP contribution in [0.5, 0.6) is 0 Å². The molecule has 0 fully saturated rings. The monoisotopic (exact) mass is 254 g/mol. The molecule has 1 atom stereocenters. The summed E-state index contributed by atoms with van der Waals surface area (Å²) in [5, 5.41) is 0. The maximum atomic E-state index is 2.38. The summed E-state index contributed by atoms with van der Waals surface area (Å²) in [6, 6.07) is 7.13. The van der Waals surface area contributed by atoms with Gasteiger partial charge in [0, 0.05) is 11.5 Å². The van der Waals surface area contributed by atoms with Gasteiger partial charge in [-0.05, 0) is 41.5 Å². The molecule has 0 bridgehead atoms. The van der Waals surface area contributed by atoms with Gasteiger partial charge in [-0.2, -0.15) is 23.5 Å². The highest BCUT2D eigenvalue weighted by Crippen LogP contribution is 2.24. The van der Waals surface area contributed by atoms with Crippen molar-refractivity contribution in [1.29, 1.82) is 0 Å². The van der Waals surface area contributed by atoms with Crippen LogP contribution in [0.25, 0.3) is 0 Å². The van der Waals surface area contributed by atoms with E-state index in [4.69, 9.17) is 0 Å². The molecule has 16 heavy (non-hydrogen) atoms. The van der Waals surface area contributed by atoms with Crippen LogP contribution < -0.4 is 0 Å². The van der Waals surface area contributed by atoms with Crippen molar-refractivity contribution in [3.05, 3.63) is 34.9 Å². The Bertz CT molecular complexity index is 296. The normalized spacial score (nSPS) is 12.8. The van der Waals surface area contributed by atoms with Gasteiger partial charge in [0.05, 0.1) is 0 Å². The van der Waals surface area contributed by atoms with E-state index in [0.717, 1.165) is 11.5 Å². The Morgan fingerprint density at radius 1 is 1.00 bits per heavy atom. The molecule has 0 N–H and O–H groups in total. The second kappa shape index (κ2) is 7.29. The van der Waals surface area contributed by atoms with E-state index in [-0.39, 0.29) is 0 Å². The molecule has 0 amide bonds. The summed E-state index contributed by atoms with van der Waals surface area (Å²) in [5.74, 6) is 2.94. The summed E-state index contributed by atoms with van der Waals surface area (Å²) < 4.78 is 0. The number of rotatable bonds is 6. The Morgan fingerprint density at radius 2 is 1.50 bits per heavy atom. The Balaban J connectivity index is 2.97. The summed E-state index contributed by atoms with van der Waals surface area (Å²) in [7, 11) is 0. The van der Waals surface area contributed by atoms with Crippen molar-refractivity contribution in [2.75, 3.05) is 12.5 Å². The Kier molecular flexibility index (Phi) is 6.37. The zero-order chi connectivity index (χ0) is 12.0. The molecule has 0 aliphatic rings. The zero-order valence-electron chi connectivity index (χ0n) is 10.7. The van der Waals surface area contributed by atoms with Gasteiger partial charge in [0.2, 0.25) is 0 Å². The van der Waals surface area contributed by atoms with Gasteiger partial charge in [-0.1, -0.05) is 32.0 Å². The predicted molar refractivity (Wildman–Crippen MR) is 79.6 cm³/mol. The molecule has 1 rings (SSSR count). The third kappa shape index (κ3) is 4.06. The van der Waals surface area contributed by atoms with Crippen LogP contribution in [0.3, 0.4) is 0 Å². The van der Waals surface area contributed by atoms with E-state index in [0.29, 0.717) is 5.92 Å². The van der Waals surface area contributed by atoms with E-state index in [1.165, 1.54) is 23.1 Å². The average Bonchev–Trinajstić information content (AvgIpc) is 2.28. The van der Waals surface area contributed by atoms with Crippen LogP contribution in [0, 0.1) is 0 Å². The van der Waals surface area contributed by atoms with E-state index in [1.54, 1.807) is 0 Å². The maximum Gasteiger partial charge on any atom is 0.0181 e. The smallest absolute Gasteiger partial charge is 0.0181 e. The zero-order valence-corrected chi connectivity index (χ0v) is 12.4. The first-order chi connectivity index (χ1) is 7.71. The molecule has 0 saturated heterocycles. The van der Waals surface area contributed by atoms with Gasteiger partial charge in [-0.25, -0.2) is 0 Å². The molecule has 0 aromatic heterocycles. The van der Waals surface area contributed by atoms with Gasteiger partial charge < -0.3 is 0 Å². The number of thioether (sulfide) groups is 2. The van der Waals surface area contributed by atoms with Crippen molar-refractivity contribution in [1.82, 2.24) is 0 Å². The van der Waals surface area contributed by atoms with Gasteiger partial charge in [-0.15, -0.1) is 0 Å². The van der Waals surface area contributed by atoms with Crippen LogP contribution in [0.15, 0.2) is 18.2 Å². The molecule has 2 heteroatoms. The van der Waals surface area contributed by atoms with Crippen LogP contribution in [-0.2, 0) is 11.5 Å². The fourth-order valence-corrected chi connectivity index (χ4v) is 2.81. The number of benzene rings is 1. The largest absolute Gasteiger partial charge is 0.161 e. The molecule has 0 radical (unpaired) electrons. The minimum atomic E-state index is 0.683. The Morgan fingerprint density at radius 3 is 1.88 bits per heavy atom. The molecule has 0 heterocycles. The first kappa shape index (κ1) is 14.0. The van der Waals surface area contributed by atoms with Crippen LogP contribution in [0.4, 0.5) is 0 Å². The molecule has 0 nitrogen and oxygen atoms in total. The number of hydrogen-bond donors (Lipinski definition) is 0. The number of hydrogen-bond acceptors (Lipinski definition) is 2. The van der Waals surface area contributed by atoms with Gasteiger partial charge in [0.15, 0.2) is 0 Å². The SMILES string of the molecule is CCC(C)c1cc(CSC)cc(CSC)c1. The molecular weight excluding hydrogens is 232 g/mol. The molecule has 0 aliphatic heterocycles. The Hall–Kier alpha value is -0.0800. The van der Waals surface area contributed by atoms with Gasteiger partial charge in [0.25, 0.3) is 0 Å². The molecule has 90 valence electrons. The summed E-state index contributed by atoms with van der Waals surface area (Å²) in [4.78, 5) is 0. The topological polar surface area (TPSA) is 0 Å². The highest BCUT2D eigenvalue weighted by Gasteiger charge is 2.06. The van der Waals surface area contributed by atoms with Crippen LogP contribution >= 0.6 is 23.5 Å². The van der Waals surface area contributed by atoms with Crippen LogP contribution in [0.2, 0.25) is 0 Å². The highest BCUT2D eigenvalue weighted by molar-refractivity contribution is 7.98. The van der Waals surface area contributed by atoms with Crippen molar-refractivity contribution in [2.24, 2.45) is 0 Å². The lowest BCUT2D eigenvalue weighted by atomic mass is 9.95. The van der Waals surface area contributed by atoms with Crippen molar-refractivity contribution in [3.63, 3.8) is 0 Å². The fourth-order valence-electron chi connectivity index (χ4n) is 1.81. The predicted octanol–water partition coefficient (Wildman–Crippen LogP) is 4.93. The van der Waals surface area contributed by atoms with Crippen molar-refractivity contribution in [3.8, 4) is 0 Å². The van der Waals surface area contributed by atoms with Gasteiger partial charge >= 0.3 is 0 Å². The summed E-state index contributed by atoms with van der Waals surface area (Å²) in [6.07, 6.45) is 5.57. The minimum Gasteiger partial charge on any atom is -0.161 e.